The second-order valence-corrected chi connectivity index (χ2v) is 4.97. The molecule has 1 aliphatic rings. The molecule has 0 radical (unpaired) electrons. The molecular formula is C13H21N3O2. The maximum absolute atomic E-state index is 11.6. The molecule has 1 fully saturated rings. The summed E-state index contributed by atoms with van der Waals surface area (Å²) in [7, 11) is 0. The molecule has 3 unspecified atom stereocenters. The number of hydrogen-bond acceptors (Lipinski definition) is 4. The van der Waals surface area contributed by atoms with Crippen molar-refractivity contribution in [3.8, 4) is 0 Å². The SMILES string of the molecule is CC(N)C(c1ccco1)N1CCCCC1C(N)=O. The first-order valence-corrected chi connectivity index (χ1v) is 6.45. The van der Waals surface area contributed by atoms with Gasteiger partial charge >= 0.3 is 0 Å². The van der Waals surface area contributed by atoms with Gasteiger partial charge in [0.1, 0.15) is 5.76 Å². The molecule has 2 rings (SSSR count). The summed E-state index contributed by atoms with van der Waals surface area (Å²) in [5.74, 6) is 0.532. The van der Waals surface area contributed by atoms with Crippen molar-refractivity contribution in [2.24, 2.45) is 11.5 Å². The van der Waals surface area contributed by atoms with Crippen LogP contribution in [0.25, 0.3) is 0 Å². The number of rotatable bonds is 4. The Morgan fingerprint density at radius 3 is 2.89 bits per heavy atom. The highest BCUT2D eigenvalue weighted by Crippen LogP contribution is 2.30. The average Bonchev–Trinajstić information content (AvgIpc) is 2.83. The van der Waals surface area contributed by atoms with E-state index in [1.807, 2.05) is 19.1 Å². The van der Waals surface area contributed by atoms with Gasteiger partial charge in [0.05, 0.1) is 18.3 Å². The topological polar surface area (TPSA) is 85.5 Å². The Labute approximate surface area is 107 Å². The second-order valence-electron chi connectivity index (χ2n) is 4.97. The van der Waals surface area contributed by atoms with Gasteiger partial charge < -0.3 is 15.9 Å². The molecule has 4 N–H and O–H groups in total. The lowest BCUT2D eigenvalue weighted by atomic mass is 9.95. The predicted molar refractivity (Wildman–Crippen MR) is 68.6 cm³/mol. The average molecular weight is 251 g/mol. The largest absolute Gasteiger partial charge is 0.468 e. The minimum atomic E-state index is -0.271. The van der Waals surface area contributed by atoms with Gasteiger partial charge in [0.25, 0.3) is 0 Å². The molecule has 2 heterocycles. The van der Waals surface area contributed by atoms with Crippen LogP contribution in [-0.4, -0.2) is 29.4 Å². The van der Waals surface area contributed by atoms with Crippen LogP contribution in [0.3, 0.4) is 0 Å². The standard InChI is InChI=1S/C13H21N3O2/c1-9(14)12(11-6-4-8-18-11)16-7-3-2-5-10(16)13(15)17/h4,6,8-10,12H,2-3,5,7,14H2,1H3,(H2,15,17). The van der Waals surface area contributed by atoms with Gasteiger partial charge in [0, 0.05) is 6.04 Å². The van der Waals surface area contributed by atoms with E-state index in [0.29, 0.717) is 0 Å². The number of piperidine rings is 1. The fourth-order valence-corrected chi connectivity index (χ4v) is 2.78. The third kappa shape index (κ3) is 2.57. The third-order valence-corrected chi connectivity index (χ3v) is 3.56. The number of likely N-dealkylation sites (tertiary alicyclic amines) is 1. The summed E-state index contributed by atoms with van der Waals surface area (Å²) in [5.41, 5.74) is 11.6. The van der Waals surface area contributed by atoms with Crippen molar-refractivity contribution < 1.29 is 9.21 Å². The van der Waals surface area contributed by atoms with Gasteiger partial charge in [-0.2, -0.15) is 0 Å². The van der Waals surface area contributed by atoms with E-state index in [4.69, 9.17) is 15.9 Å². The van der Waals surface area contributed by atoms with Gasteiger partial charge in [-0.15, -0.1) is 0 Å². The lowest BCUT2D eigenvalue weighted by molar-refractivity contribution is -0.126. The minimum Gasteiger partial charge on any atom is -0.468 e. The van der Waals surface area contributed by atoms with Gasteiger partial charge in [-0.3, -0.25) is 9.69 Å². The molecule has 0 spiro atoms. The smallest absolute Gasteiger partial charge is 0.234 e. The molecule has 0 aliphatic carbocycles. The van der Waals surface area contributed by atoms with E-state index < -0.39 is 0 Å². The van der Waals surface area contributed by atoms with Gasteiger partial charge in [-0.05, 0) is 38.4 Å². The molecule has 3 atom stereocenters. The summed E-state index contributed by atoms with van der Waals surface area (Å²) in [4.78, 5) is 13.7. The molecule has 5 nitrogen and oxygen atoms in total. The Balaban J connectivity index is 2.26. The molecular weight excluding hydrogens is 230 g/mol. The van der Waals surface area contributed by atoms with E-state index in [9.17, 15) is 4.79 Å². The molecule has 0 bridgehead atoms. The van der Waals surface area contributed by atoms with E-state index in [1.54, 1.807) is 6.26 Å². The third-order valence-electron chi connectivity index (χ3n) is 3.56. The zero-order valence-corrected chi connectivity index (χ0v) is 10.7. The summed E-state index contributed by atoms with van der Waals surface area (Å²) in [6.07, 6.45) is 4.54. The molecule has 1 amide bonds. The number of nitrogens with two attached hydrogens (primary N) is 2. The Morgan fingerprint density at radius 1 is 1.56 bits per heavy atom. The number of primary amides is 1. The molecule has 18 heavy (non-hydrogen) atoms. The Morgan fingerprint density at radius 2 is 2.33 bits per heavy atom. The van der Waals surface area contributed by atoms with Gasteiger partial charge in [0.15, 0.2) is 0 Å². The molecule has 0 aromatic carbocycles. The summed E-state index contributed by atoms with van der Waals surface area (Å²) in [6.45, 7) is 2.76. The van der Waals surface area contributed by atoms with Gasteiger partial charge in [-0.25, -0.2) is 0 Å². The predicted octanol–water partition coefficient (Wildman–Crippen LogP) is 1.01. The molecule has 5 heteroatoms. The molecule has 0 saturated carbocycles. The number of nitrogens with zero attached hydrogens (tertiary/aromatic N) is 1. The van der Waals surface area contributed by atoms with Crippen molar-refractivity contribution in [2.75, 3.05) is 6.54 Å². The van der Waals surface area contributed by atoms with Crippen LogP contribution >= 0.6 is 0 Å². The minimum absolute atomic E-state index is 0.0854. The van der Waals surface area contributed by atoms with Gasteiger partial charge in [0.2, 0.25) is 5.91 Å². The Hall–Kier alpha value is -1.33. The van der Waals surface area contributed by atoms with Crippen LogP contribution in [0, 0.1) is 0 Å². The van der Waals surface area contributed by atoms with E-state index in [2.05, 4.69) is 4.90 Å². The van der Waals surface area contributed by atoms with Crippen molar-refractivity contribution in [3.05, 3.63) is 24.2 Å². The van der Waals surface area contributed by atoms with E-state index in [0.717, 1.165) is 31.6 Å². The quantitative estimate of drug-likeness (QED) is 0.836. The maximum atomic E-state index is 11.6. The number of amides is 1. The second kappa shape index (κ2) is 5.54. The van der Waals surface area contributed by atoms with E-state index >= 15 is 0 Å². The highest BCUT2D eigenvalue weighted by atomic mass is 16.3. The van der Waals surface area contributed by atoms with Crippen LogP contribution in [0.2, 0.25) is 0 Å². The fraction of sp³-hybridized carbons (Fsp3) is 0.615. The van der Waals surface area contributed by atoms with Crippen molar-refractivity contribution in [3.63, 3.8) is 0 Å². The van der Waals surface area contributed by atoms with Crippen LogP contribution in [0.5, 0.6) is 0 Å². The zero-order valence-electron chi connectivity index (χ0n) is 10.7. The van der Waals surface area contributed by atoms with Crippen molar-refractivity contribution in [1.29, 1.82) is 0 Å². The lowest BCUT2D eigenvalue weighted by Crippen LogP contribution is -2.52. The van der Waals surface area contributed by atoms with E-state index in [1.165, 1.54) is 0 Å². The molecule has 1 aromatic rings. The normalized spacial score (nSPS) is 24.7. The van der Waals surface area contributed by atoms with Crippen LogP contribution in [-0.2, 0) is 4.79 Å². The molecule has 100 valence electrons. The zero-order chi connectivity index (χ0) is 13.1. The number of carbonyl (C=O) groups is 1. The van der Waals surface area contributed by atoms with Crippen LogP contribution < -0.4 is 11.5 Å². The van der Waals surface area contributed by atoms with Crippen LogP contribution in [0.15, 0.2) is 22.8 Å². The summed E-state index contributed by atoms with van der Waals surface area (Å²) in [6, 6.07) is 3.31. The lowest BCUT2D eigenvalue weighted by Gasteiger charge is -2.40. The number of furan rings is 1. The number of carbonyl (C=O) groups excluding carboxylic acids is 1. The van der Waals surface area contributed by atoms with Crippen molar-refractivity contribution in [1.82, 2.24) is 4.90 Å². The molecule has 1 aliphatic heterocycles. The Bertz CT molecular complexity index is 389. The monoisotopic (exact) mass is 251 g/mol. The van der Waals surface area contributed by atoms with E-state index in [-0.39, 0.29) is 24.0 Å². The number of hydrogen-bond donors (Lipinski definition) is 2. The maximum Gasteiger partial charge on any atom is 0.234 e. The van der Waals surface area contributed by atoms with Crippen molar-refractivity contribution in [2.45, 2.75) is 44.3 Å². The molecule has 1 saturated heterocycles. The van der Waals surface area contributed by atoms with Gasteiger partial charge in [-0.1, -0.05) is 6.42 Å². The van der Waals surface area contributed by atoms with Crippen LogP contribution in [0.4, 0.5) is 0 Å². The highest BCUT2D eigenvalue weighted by Gasteiger charge is 2.36. The summed E-state index contributed by atoms with van der Waals surface area (Å²) < 4.78 is 5.46. The first-order valence-electron chi connectivity index (χ1n) is 6.45. The summed E-state index contributed by atoms with van der Waals surface area (Å²) >= 11 is 0. The van der Waals surface area contributed by atoms with Crippen LogP contribution in [0.1, 0.15) is 38.0 Å². The summed E-state index contributed by atoms with van der Waals surface area (Å²) in [5, 5.41) is 0. The molecule has 1 aromatic heterocycles. The van der Waals surface area contributed by atoms with Crippen molar-refractivity contribution >= 4 is 5.91 Å². The fourth-order valence-electron chi connectivity index (χ4n) is 2.78. The first kappa shape index (κ1) is 13.1. The highest BCUT2D eigenvalue weighted by molar-refractivity contribution is 5.80. The Kier molecular flexibility index (Phi) is 4.04. The first-order chi connectivity index (χ1) is 8.61.